The van der Waals surface area contributed by atoms with Gasteiger partial charge in [0.25, 0.3) is 0 Å². The van der Waals surface area contributed by atoms with Crippen molar-refractivity contribution < 1.29 is 4.92 Å². The van der Waals surface area contributed by atoms with Crippen molar-refractivity contribution in [1.29, 1.82) is 0 Å². The Kier molecular flexibility index (Phi) is 4.25. The molecule has 0 aliphatic heterocycles. The van der Waals surface area contributed by atoms with Gasteiger partial charge in [-0.2, -0.15) is 0 Å². The predicted octanol–water partition coefficient (Wildman–Crippen LogP) is 4.08. The highest BCUT2D eigenvalue weighted by molar-refractivity contribution is 5.94. The van der Waals surface area contributed by atoms with Crippen LogP contribution in [0.25, 0.3) is 10.9 Å². The summed E-state index contributed by atoms with van der Waals surface area (Å²) in [5, 5.41) is 15.7. The fraction of sp³-hybridized carbons (Fsp3) is 0.100. The van der Waals surface area contributed by atoms with Crippen LogP contribution in [0.5, 0.6) is 0 Å². The number of imidazole rings is 1. The maximum atomic E-state index is 11.8. The van der Waals surface area contributed by atoms with Crippen molar-refractivity contribution in [2.24, 2.45) is 7.05 Å². The van der Waals surface area contributed by atoms with Crippen LogP contribution in [0.4, 0.5) is 11.4 Å². The van der Waals surface area contributed by atoms with Gasteiger partial charge in [0.1, 0.15) is 17.6 Å². The molecule has 27 heavy (non-hydrogen) atoms. The van der Waals surface area contributed by atoms with E-state index in [1.807, 2.05) is 48.1 Å². The molecule has 1 atom stereocenters. The Labute approximate surface area is 155 Å². The molecule has 0 saturated carbocycles. The van der Waals surface area contributed by atoms with E-state index in [-0.39, 0.29) is 16.7 Å². The molecular weight excluding hydrogens is 342 g/mol. The number of nitrogens with zero attached hydrogens (tertiary/aromatic N) is 4. The summed E-state index contributed by atoms with van der Waals surface area (Å²) in [4.78, 5) is 20.1. The van der Waals surface area contributed by atoms with Crippen LogP contribution >= 0.6 is 0 Å². The summed E-state index contributed by atoms with van der Waals surface area (Å²) < 4.78 is 1.90. The topological polar surface area (TPSA) is 85.9 Å². The molecule has 0 amide bonds. The molecule has 1 N–H and O–H groups in total. The van der Waals surface area contributed by atoms with E-state index < -0.39 is 0 Å². The molecule has 2 aromatic heterocycles. The average molecular weight is 359 g/mol. The third-order valence-corrected chi connectivity index (χ3v) is 4.49. The third kappa shape index (κ3) is 3.10. The van der Waals surface area contributed by atoms with Gasteiger partial charge in [0, 0.05) is 25.6 Å². The lowest BCUT2D eigenvalue weighted by molar-refractivity contribution is -0.382. The zero-order chi connectivity index (χ0) is 18.8. The lowest BCUT2D eigenvalue weighted by Crippen LogP contribution is -2.17. The van der Waals surface area contributed by atoms with Crippen molar-refractivity contribution in [3.8, 4) is 0 Å². The summed E-state index contributed by atoms with van der Waals surface area (Å²) in [6.45, 7) is 0. The highest BCUT2D eigenvalue weighted by Crippen LogP contribution is 2.36. The number of benzene rings is 2. The molecule has 0 spiro atoms. The van der Waals surface area contributed by atoms with Gasteiger partial charge in [0.15, 0.2) is 0 Å². The van der Waals surface area contributed by atoms with Crippen LogP contribution < -0.4 is 5.32 Å². The fourth-order valence-electron chi connectivity index (χ4n) is 3.20. The highest BCUT2D eigenvalue weighted by atomic mass is 16.6. The Morgan fingerprint density at radius 2 is 1.85 bits per heavy atom. The number of nitrogens with one attached hydrogen (secondary N) is 1. The molecular formula is C20H17N5O2. The van der Waals surface area contributed by atoms with Crippen LogP contribution in [0.1, 0.15) is 17.4 Å². The second kappa shape index (κ2) is 6.87. The summed E-state index contributed by atoms with van der Waals surface area (Å²) in [5.74, 6) is 0.766. The Bertz CT molecular complexity index is 1110. The number of nitro groups is 1. The van der Waals surface area contributed by atoms with Gasteiger partial charge in [-0.15, -0.1) is 0 Å². The van der Waals surface area contributed by atoms with Gasteiger partial charge in [0.05, 0.1) is 15.8 Å². The number of hydrogen-bond acceptors (Lipinski definition) is 5. The SMILES string of the molecule is Cn1ccnc1[C@@H](Nc1ccc2ncccc2c1[N+](=O)[O-])c1ccccc1. The number of anilines is 1. The highest BCUT2D eigenvalue weighted by Gasteiger charge is 2.24. The molecule has 4 aromatic rings. The minimum atomic E-state index is -0.368. The Morgan fingerprint density at radius 3 is 2.56 bits per heavy atom. The van der Waals surface area contributed by atoms with Gasteiger partial charge in [0.2, 0.25) is 0 Å². The van der Waals surface area contributed by atoms with E-state index in [1.54, 1.807) is 36.7 Å². The fourth-order valence-corrected chi connectivity index (χ4v) is 3.20. The summed E-state index contributed by atoms with van der Waals surface area (Å²) in [6, 6.07) is 16.3. The molecule has 7 nitrogen and oxygen atoms in total. The number of nitro benzene ring substituents is 1. The van der Waals surface area contributed by atoms with Crippen LogP contribution in [0.15, 0.2) is 73.2 Å². The van der Waals surface area contributed by atoms with Gasteiger partial charge < -0.3 is 9.88 Å². The van der Waals surface area contributed by atoms with E-state index in [4.69, 9.17) is 0 Å². The van der Waals surface area contributed by atoms with Gasteiger partial charge >= 0.3 is 5.69 Å². The van der Waals surface area contributed by atoms with Crippen molar-refractivity contribution in [2.75, 3.05) is 5.32 Å². The van der Waals surface area contributed by atoms with Crippen molar-refractivity contribution in [3.63, 3.8) is 0 Å². The smallest absolute Gasteiger partial charge is 0.301 e. The lowest BCUT2D eigenvalue weighted by atomic mass is 10.0. The maximum Gasteiger partial charge on any atom is 0.301 e. The van der Waals surface area contributed by atoms with Crippen molar-refractivity contribution in [2.45, 2.75) is 6.04 Å². The standard InChI is InChI=1S/C20H17N5O2/c1-24-13-12-22-20(24)18(14-6-3-2-4-7-14)23-17-10-9-16-15(8-5-11-21-16)19(17)25(26)27/h2-13,18,23H,1H3/t18-/m0/s1. The number of pyridine rings is 1. The molecule has 2 aromatic carbocycles. The molecule has 4 rings (SSSR count). The first-order valence-corrected chi connectivity index (χ1v) is 8.46. The average Bonchev–Trinajstić information content (AvgIpc) is 3.11. The van der Waals surface area contributed by atoms with Gasteiger partial charge in [-0.25, -0.2) is 4.98 Å². The molecule has 2 heterocycles. The number of aryl methyl sites for hydroxylation is 1. The predicted molar refractivity (Wildman–Crippen MR) is 104 cm³/mol. The largest absolute Gasteiger partial charge is 0.366 e. The summed E-state index contributed by atoms with van der Waals surface area (Å²) in [7, 11) is 1.90. The lowest BCUT2D eigenvalue weighted by Gasteiger charge is -2.20. The Hall–Kier alpha value is -3.74. The van der Waals surface area contributed by atoms with Crippen LogP contribution in [-0.4, -0.2) is 19.5 Å². The van der Waals surface area contributed by atoms with Crippen LogP contribution in [0, 0.1) is 10.1 Å². The molecule has 134 valence electrons. The first-order valence-electron chi connectivity index (χ1n) is 8.46. The van der Waals surface area contributed by atoms with Gasteiger partial charge in [-0.3, -0.25) is 15.1 Å². The normalized spacial score (nSPS) is 12.0. The molecule has 0 bridgehead atoms. The number of hydrogen-bond donors (Lipinski definition) is 1. The van der Waals surface area contributed by atoms with Crippen molar-refractivity contribution in [1.82, 2.24) is 14.5 Å². The first kappa shape index (κ1) is 16.7. The van der Waals surface area contributed by atoms with E-state index in [2.05, 4.69) is 15.3 Å². The maximum absolute atomic E-state index is 11.8. The third-order valence-electron chi connectivity index (χ3n) is 4.49. The zero-order valence-corrected chi connectivity index (χ0v) is 14.6. The van der Waals surface area contributed by atoms with Gasteiger partial charge in [-0.1, -0.05) is 30.3 Å². The van der Waals surface area contributed by atoms with E-state index >= 15 is 0 Å². The molecule has 0 aliphatic carbocycles. The van der Waals surface area contributed by atoms with E-state index in [1.165, 1.54) is 0 Å². The molecule has 0 aliphatic rings. The second-order valence-electron chi connectivity index (χ2n) is 6.17. The molecule has 0 unspecified atom stereocenters. The minimum Gasteiger partial charge on any atom is -0.366 e. The second-order valence-corrected chi connectivity index (χ2v) is 6.17. The summed E-state index contributed by atoms with van der Waals surface area (Å²) in [5.41, 5.74) is 1.99. The van der Waals surface area contributed by atoms with E-state index in [0.717, 1.165) is 11.4 Å². The van der Waals surface area contributed by atoms with Crippen LogP contribution in [0.2, 0.25) is 0 Å². The Balaban J connectivity index is 1.86. The zero-order valence-electron chi connectivity index (χ0n) is 14.6. The minimum absolute atomic E-state index is 0.00994. The first-order chi connectivity index (χ1) is 13.1. The number of rotatable bonds is 5. The Morgan fingerprint density at radius 1 is 1.04 bits per heavy atom. The molecule has 7 heteroatoms. The van der Waals surface area contributed by atoms with Crippen LogP contribution in [0.3, 0.4) is 0 Å². The van der Waals surface area contributed by atoms with Crippen LogP contribution in [-0.2, 0) is 7.05 Å². The quantitative estimate of drug-likeness (QED) is 0.429. The summed E-state index contributed by atoms with van der Waals surface area (Å²) >= 11 is 0. The number of fused-ring (bicyclic) bond motifs is 1. The van der Waals surface area contributed by atoms with Crippen molar-refractivity contribution >= 4 is 22.3 Å². The van der Waals surface area contributed by atoms with Gasteiger partial charge in [-0.05, 0) is 29.8 Å². The monoisotopic (exact) mass is 359 g/mol. The van der Waals surface area contributed by atoms with Crippen molar-refractivity contribution in [3.05, 3.63) is 94.7 Å². The molecule has 0 saturated heterocycles. The molecule has 0 fully saturated rings. The number of aromatic nitrogens is 3. The van der Waals surface area contributed by atoms with E-state index in [9.17, 15) is 10.1 Å². The summed E-state index contributed by atoms with van der Waals surface area (Å²) in [6.07, 6.45) is 5.19. The molecule has 0 radical (unpaired) electrons. The van der Waals surface area contributed by atoms with E-state index in [0.29, 0.717) is 16.6 Å².